The molecule has 0 aliphatic heterocycles. The van der Waals surface area contributed by atoms with E-state index in [9.17, 15) is 13.6 Å². The zero-order valence-corrected chi connectivity index (χ0v) is 20.5. The zero-order valence-electron chi connectivity index (χ0n) is 18.9. The molecule has 1 amide bonds. The zero-order chi connectivity index (χ0) is 24.9. The fourth-order valence-electron chi connectivity index (χ4n) is 3.36. The lowest BCUT2D eigenvalue weighted by molar-refractivity contribution is -0.116. The van der Waals surface area contributed by atoms with E-state index in [0.29, 0.717) is 27.4 Å². The number of benzene rings is 3. The predicted molar refractivity (Wildman–Crippen MR) is 139 cm³/mol. The molecular formula is C24H22ClN6O3S-. The van der Waals surface area contributed by atoms with E-state index in [0.717, 1.165) is 4.31 Å². The number of nitrogens with one attached hydrogen (secondary N) is 2. The van der Waals surface area contributed by atoms with Crippen LogP contribution in [-0.4, -0.2) is 50.2 Å². The minimum Gasteiger partial charge on any atom is -0.755 e. The molecule has 0 radical (unpaired) electrons. The molecule has 0 fully saturated rings. The molecule has 9 nitrogen and oxygen atoms in total. The van der Waals surface area contributed by atoms with Crippen LogP contribution in [0.3, 0.4) is 0 Å². The van der Waals surface area contributed by atoms with Crippen LogP contribution in [-0.2, 0) is 16.1 Å². The Kier molecular flexibility index (Phi) is 7.57. The summed E-state index contributed by atoms with van der Waals surface area (Å²) in [5.74, 6) is 0.0820. The Labute approximate surface area is 210 Å². The van der Waals surface area contributed by atoms with E-state index in [1.54, 1.807) is 85.7 Å². The molecule has 2 N–H and O–H groups in total. The number of anilines is 5. The van der Waals surface area contributed by atoms with Crippen molar-refractivity contribution in [3.8, 4) is 0 Å². The van der Waals surface area contributed by atoms with Gasteiger partial charge in [-0.15, -0.1) is 0 Å². The molecule has 35 heavy (non-hydrogen) atoms. The van der Waals surface area contributed by atoms with E-state index in [-0.39, 0.29) is 29.8 Å². The van der Waals surface area contributed by atoms with Gasteiger partial charge in [-0.1, -0.05) is 29.8 Å². The number of carbonyl (C=O) groups excluding carboxylic acids is 1. The van der Waals surface area contributed by atoms with Crippen LogP contribution in [0.25, 0.3) is 11.0 Å². The number of amides is 1. The third-order valence-corrected chi connectivity index (χ3v) is 5.76. The Morgan fingerprint density at radius 3 is 2.31 bits per heavy atom. The summed E-state index contributed by atoms with van der Waals surface area (Å²) in [6.45, 7) is 0.187. The van der Waals surface area contributed by atoms with Gasteiger partial charge in [0.25, 0.3) is 0 Å². The SMILES string of the molecule is CN(C)CC(=O)Nc1cccc(N(c2nc3ccccc3nc2Nc2ccc(Cl)cc2)S(=O)[O-])c1. The van der Waals surface area contributed by atoms with Gasteiger partial charge in [0.2, 0.25) is 5.91 Å². The van der Waals surface area contributed by atoms with Crippen LogP contribution in [0.15, 0.2) is 72.8 Å². The largest absolute Gasteiger partial charge is 0.755 e. The first-order chi connectivity index (χ1) is 16.8. The minimum absolute atomic E-state index is 0.0729. The third-order valence-electron chi connectivity index (χ3n) is 4.82. The molecule has 1 atom stereocenters. The maximum atomic E-state index is 12.5. The summed E-state index contributed by atoms with van der Waals surface area (Å²) < 4.78 is 26.0. The van der Waals surface area contributed by atoms with Gasteiger partial charge in [-0.05, 0) is 68.7 Å². The van der Waals surface area contributed by atoms with Gasteiger partial charge in [0, 0.05) is 16.4 Å². The molecule has 1 unspecified atom stereocenters. The number of aromatic nitrogens is 2. The molecule has 0 saturated heterocycles. The molecule has 4 aromatic rings. The first-order valence-corrected chi connectivity index (χ1v) is 11.9. The first-order valence-electron chi connectivity index (χ1n) is 10.5. The molecule has 0 bridgehead atoms. The van der Waals surface area contributed by atoms with Gasteiger partial charge in [0.15, 0.2) is 11.6 Å². The molecule has 180 valence electrons. The number of hydrogen-bond acceptors (Lipinski definition) is 7. The molecular weight excluding hydrogens is 488 g/mol. The highest BCUT2D eigenvalue weighted by Gasteiger charge is 2.20. The Bertz CT molecular complexity index is 1380. The van der Waals surface area contributed by atoms with Gasteiger partial charge in [-0.2, -0.15) is 0 Å². The lowest BCUT2D eigenvalue weighted by atomic mass is 10.2. The lowest BCUT2D eigenvalue weighted by Crippen LogP contribution is -2.27. The summed E-state index contributed by atoms with van der Waals surface area (Å²) in [4.78, 5) is 23.2. The Morgan fingerprint density at radius 1 is 0.971 bits per heavy atom. The number of carbonyl (C=O) groups is 1. The number of fused-ring (bicyclic) bond motifs is 1. The van der Waals surface area contributed by atoms with Crippen molar-refractivity contribution >= 4 is 68.5 Å². The van der Waals surface area contributed by atoms with Crippen molar-refractivity contribution < 1.29 is 13.6 Å². The summed E-state index contributed by atoms with van der Waals surface area (Å²) in [6.07, 6.45) is 0. The molecule has 0 aliphatic rings. The summed E-state index contributed by atoms with van der Waals surface area (Å²) in [5, 5.41) is 6.48. The van der Waals surface area contributed by atoms with Crippen molar-refractivity contribution in [1.82, 2.24) is 14.9 Å². The van der Waals surface area contributed by atoms with Gasteiger partial charge >= 0.3 is 0 Å². The molecule has 0 saturated carbocycles. The summed E-state index contributed by atoms with van der Waals surface area (Å²) in [6, 6.07) is 20.6. The fraction of sp³-hybridized carbons (Fsp3) is 0.125. The molecule has 3 aromatic carbocycles. The van der Waals surface area contributed by atoms with E-state index < -0.39 is 11.3 Å². The summed E-state index contributed by atoms with van der Waals surface area (Å²) in [7, 11) is 3.57. The third kappa shape index (κ3) is 6.11. The van der Waals surface area contributed by atoms with Crippen LogP contribution in [0, 0.1) is 0 Å². The average molecular weight is 510 g/mol. The summed E-state index contributed by atoms with van der Waals surface area (Å²) in [5.41, 5.74) is 2.50. The van der Waals surface area contributed by atoms with Gasteiger partial charge in [-0.25, -0.2) is 9.97 Å². The monoisotopic (exact) mass is 509 g/mol. The van der Waals surface area contributed by atoms with Gasteiger partial charge in [0.1, 0.15) is 0 Å². The van der Waals surface area contributed by atoms with E-state index in [1.165, 1.54) is 0 Å². The van der Waals surface area contributed by atoms with Crippen molar-refractivity contribution in [3.05, 3.63) is 77.8 Å². The van der Waals surface area contributed by atoms with Crippen LogP contribution in [0.4, 0.5) is 28.7 Å². The highest BCUT2D eigenvalue weighted by molar-refractivity contribution is 7.81. The highest BCUT2D eigenvalue weighted by atomic mass is 35.5. The second-order valence-corrected chi connectivity index (χ2v) is 9.10. The quantitative estimate of drug-likeness (QED) is 0.337. The number of hydrogen-bond donors (Lipinski definition) is 2. The van der Waals surface area contributed by atoms with Crippen molar-refractivity contribution in [1.29, 1.82) is 0 Å². The number of likely N-dealkylation sites (N-methyl/N-ethyl adjacent to an activating group) is 1. The molecule has 11 heteroatoms. The van der Waals surface area contributed by atoms with Gasteiger partial charge < -0.3 is 20.1 Å². The van der Waals surface area contributed by atoms with E-state index in [2.05, 4.69) is 20.6 Å². The fourth-order valence-corrected chi connectivity index (χ4v) is 4.04. The molecule has 1 heterocycles. The first kappa shape index (κ1) is 24.6. The van der Waals surface area contributed by atoms with Crippen molar-refractivity contribution in [2.75, 3.05) is 35.6 Å². The molecule has 4 rings (SSSR count). The van der Waals surface area contributed by atoms with Crippen molar-refractivity contribution in [2.24, 2.45) is 0 Å². The Morgan fingerprint density at radius 2 is 1.66 bits per heavy atom. The predicted octanol–water partition coefficient (Wildman–Crippen LogP) is 4.46. The van der Waals surface area contributed by atoms with Gasteiger partial charge in [-0.3, -0.25) is 13.3 Å². The Balaban J connectivity index is 1.78. The molecule has 1 aromatic heterocycles. The van der Waals surface area contributed by atoms with Crippen LogP contribution in [0.2, 0.25) is 5.02 Å². The smallest absolute Gasteiger partial charge is 0.238 e. The van der Waals surface area contributed by atoms with E-state index >= 15 is 0 Å². The normalized spacial score (nSPS) is 11.9. The van der Waals surface area contributed by atoms with Crippen LogP contribution < -0.4 is 14.9 Å². The maximum absolute atomic E-state index is 12.5. The van der Waals surface area contributed by atoms with Gasteiger partial charge in [0.05, 0.1) is 34.5 Å². The summed E-state index contributed by atoms with van der Waals surface area (Å²) >= 11 is 3.25. The second kappa shape index (κ2) is 10.8. The second-order valence-electron chi connectivity index (χ2n) is 7.86. The van der Waals surface area contributed by atoms with Crippen LogP contribution in [0.1, 0.15) is 0 Å². The minimum atomic E-state index is -2.75. The Hall–Kier alpha value is -3.57. The van der Waals surface area contributed by atoms with E-state index in [4.69, 9.17) is 11.6 Å². The number of nitrogens with zero attached hydrogens (tertiary/aromatic N) is 4. The van der Waals surface area contributed by atoms with Crippen molar-refractivity contribution in [3.63, 3.8) is 0 Å². The molecule has 0 spiro atoms. The lowest BCUT2D eigenvalue weighted by Gasteiger charge is -2.27. The number of halogens is 1. The van der Waals surface area contributed by atoms with Crippen LogP contribution in [0.5, 0.6) is 0 Å². The number of para-hydroxylation sites is 2. The standard InChI is InChI=1S/C24H23ClN6O3S/c1-30(2)15-22(32)26-18-6-5-7-19(14-18)31(35(33)34)24-23(27-17-12-10-16(25)11-13-17)28-20-8-3-4-9-21(20)29-24/h3-14H,15H2,1-2H3,(H,26,32)(H,27,28)(H,33,34)/p-1. The van der Waals surface area contributed by atoms with E-state index in [1.807, 2.05) is 6.07 Å². The maximum Gasteiger partial charge on any atom is 0.238 e. The molecule has 0 aliphatic carbocycles. The topological polar surface area (TPSA) is 114 Å². The average Bonchev–Trinajstić information content (AvgIpc) is 2.80. The van der Waals surface area contributed by atoms with Crippen molar-refractivity contribution in [2.45, 2.75) is 0 Å². The highest BCUT2D eigenvalue weighted by Crippen LogP contribution is 2.35. The van der Waals surface area contributed by atoms with Crippen LogP contribution >= 0.6 is 11.6 Å². The number of rotatable bonds is 8.